The molecule has 2 N–H and O–H groups in total. The van der Waals surface area contributed by atoms with E-state index in [9.17, 15) is 9.90 Å². The van der Waals surface area contributed by atoms with Crippen LogP contribution in [0, 0.1) is 0 Å². The standard InChI is InChI=1S/C11H13NO3/c13-10(11(14)15)8-5-1-3-7-4-2-6-12-9(7)8/h2,4,6,8,10,13H,1,3,5H2,(H,14,15). The normalized spacial score (nSPS) is 21.8. The van der Waals surface area contributed by atoms with Crippen LogP contribution in [0.2, 0.25) is 0 Å². The molecule has 0 aromatic carbocycles. The number of aliphatic hydroxyl groups is 1. The highest BCUT2D eigenvalue weighted by molar-refractivity contribution is 5.73. The molecule has 2 atom stereocenters. The van der Waals surface area contributed by atoms with E-state index in [4.69, 9.17) is 5.11 Å². The lowest BCUT2D eigenvalue weighted by Gasteiger charge is -2.25. The number of aromatic nitrogens is 1. The van der Waals surface area contributed by atoms with Crippen LogP contribution in [0.5, 0.6) is 0 Å². The van der Waals surface area contributed by atoms with E-state index in [1.807, 2.05) is 12.1 Å². The van der Waals surface area contributed by atoms with Gasteiger partial charge in [-0.05, 0) is 30.9 Å². The van der Waals surface area contributed by atoms with Gasteiger partial charge in [0.2, 0.25) is 0 Å². The van der Waals surface area contributed by atoms with Gasteiger partial charge in [0, 0.05) is 17.8 Å². The first-order chi connectivity index (χ1) is 7.20. The lowest BCUT2D eigenvalue weighted by atomic mass is 9.83. The van der Waals surface area contributed by atoms with Crippen LogP contribution >= 0.6 is 0 Å². The minimum atomic E-state index is -1.33. The number of fused-ring (bicyclic) bond motifs is 1. The second kappa shape index (κ2) is 3.98. The Morgan fingerprint density at radius 2 is 2.40 bits per heavy atom. The van der Waals surface area contributed by atoms with Crippen molar-refractivity contribution in [3.63, 3.8) is 0 Å². The van der Waals surface area contributed by atoms with E-state index in [2.05, 4.69) is 4.98 Å². The summed E-state index contributed by atoms with van der Waals surface area (Å²) in [6, 6.07) is 3.79. The van der Waals surface area contributed by atoms with Crippen LogP contribution in [0.15, 0.2) is 18.3 Å². The molecule has 1 aliphatic rings. The second-order valence-corrected chi connectivity index (χ2v) is 3.83. The van der Waals surface area contributed by atoms with E-state index >= 15 is 0 Å². The predicted molar refractivity (Wildman–Crippen MR) is 53.6 cm³/mol. The zero-order valence-corrected chi connectivity index (χ0v) is 8.26. The minimum Gasteiger partial charge on any atom is -0.479 e. The fourth-order valence-corrected chi connectivity index (χ4v) is 2.12. The molecule has 4 nitrogen and oxygen atoms in total. The monoisotopic (exact) mass is 207 g/mol. The van der Waals surface area contributed by atoms with E-state index < -0.39 is 12.1 Å². The van der Waals surface area contributed by atoms with E-state index in [-0.39, 0.29) is 5.92 Å². The third kappa shape index (κ3) is 1.85. The van der Waals surface area contributed by atoms with E-state index in [0.717, 1.165) is 24.1 Å². The summed E-state index contributed by atoms with van der Waals surface area (Å²) < 4.78 is 0. The summed E-state index contributed by atoms with van der Waals surface area (Å²) in [6.45, 7) is 0. The van der Waals surface area contributed by atoms with E-state index in [1.165, 1.54) is 0 Å². The predicted octanol–water partition coefficient (Wildman–Crippen LogP) is 0.947. The van der Waals surface area contributed by atoms with Gasteiger partial charge >= 0.3 is 5.97 Å². The molecule has 0 fully saturated rings. The fraction of sp³-hybridized carbons (Fsp3) is 0.455. The first-order valence-corrected chi connectivity index (χ1v) is 5.05. The van der Waals surface area contributed by atoms with Crippen LogP contribution in [0.25, 0.3) is 0 Å². The molecule has 0 saturated carbocycles. The number of aliphatic hydroxyl groups excluding tert-OH is 1. The molecule has 0 bridgehead atoms. The average Bonchev–Trinajstić information content (AvgIpc) is 2.27. The van der Waals surface area contributed by atoms with Crippen molar-refractivity contribution in [1.29, 1.82) is 0 Å². The van der Waals surface area contributed by atoms with Crippen LogP contribution in [-0.4, -0.2) is 27.3 Å². The van der Waals surface area contributed by atoms with Gasteiger partial charge in [0.05, 0.1) is 0 Å². The maximum atomic E-state index is 10.7. The lowest BCUT2D eigenvalue weighted by molar-refractivity contribution is -0.148. The number of hydrogen-bond acceptors (Lipinski definition) is 3. The number of hydrogen-bond donors (Lipinski definition) is 2. The highest BCUT2D eigenvalue weighted by atomic mass is 16.4. The quantitative estimate of drug-likeness (QED) is 0.757. The summed E-state index contributed by atoms with van der Waals surface area (Å²) in [5.41, 5.74) is 1.81. The van der Waals surface area contributed by atoms with Crippen LogP contribution in [0.3, 0.4) is 0 Å². The highest BCUT2D eigenvalue weighted by Crippen LogP contribution is 2.32. The molecule has 80 valence electrons. The van der Waals surface area contributed by atoms with Crippen molar-refractivity contribution < 1.29 is 15.0 Å². The first kappa shape index (κ1) is 10.1. The number of nitrogens with zero attached hydrogens (tertiary/aromatic N) is 1. The molecule has 2 unspecified atom stereocenters. The van der Waals surface area contributed by atoms with Gasteiger partial charge < -0.3 is 10.2 Å². The van der Waals surface area contributed by atoms with Gasteiger partial charge in [-0.15, -0.1) is 0 Å². The minimum absolute atomic E-state index is 0.354. The van der Waals surface area contributed by atoms with Crippen molar-refractivity contribution in [3.05, 3.63) is 29.6 Å². The number of aliphatic carboxylic acids is 1. The van der Waals surface area contributed by atoms with Gasteiger partial charge in [0.15, 0.2) is 6.10 Å². The smallest absolute Gasteiger partial charge is 0.333 e. The number of rotatable bonds is 2. The summed E-state index contributed by atoms with van der Waals surface area (Å²) in [7, 11) is 0. The molecule has 0 saturated heterocycles. The van der Waals surface area contributed by atoms with Crippen LogP contribution in [-0.2, 0) is 11.2 Å². The maximum absolute atomic E-state index is 10.7. The number of carboxylic acid groups (broad SMARTS) is 1. The van der Waals surface area contributed by atoms with Gasteiger partial charge in [0.25, 0.3) is 0 Å². The number of carboxylic acids is 1. The number of carbonyl (C=O) groups is 1. The molecular weight excluding hydrogens is 194 g/mol. The summed E-state index contributed by atoms with van der Waals surface area (Å²) in [5, 5.41) is 18.3. The van der Waals surface area contributed by atoms with Crippen molar-refractivity contribution >= 4 is 5.97 Å². The summed E-state index contributed by atoms with van der Waals surface area (Å²) >= 11 is 0. The van der Waals surface area contributed by atoms with Crippen molar-refractivity contribution in [1.82, 2.24) is 4.98 Å². The third-order valence-electron chi connectivity index (χ3n) is 2.87. The summed E-state index contributed by atoms with van der Waals surface area (Å²) in [4.78, 5) is 14.9. The molecule has 0 spiro atoms. The second-order valence-electron chi connectivity index (χ2n) is 3.83. The Bertz CT molecular complexity index is 378. The largest absolute Gasteiger partial charge is 0.479 e. The molecule has 1 aromatic rings. The van der Waals surface area contributed by atoms with Crippen molar-refractivity contribution in [3.8, 4) is 0 Å². The Morgan fingerprint density at radius 1 is 1.60 bits per heavy atom. The van der Waals surface area contributed by atoms with Crippen LogP contribution in [0.4, 0.5) is 0 Å². The fourth-order valence-electron chi connectivity index (χ4n) is 2.12. The van der Waals surface area contributed by atoms with Gasteiger partial charge in [-0.3, -0.25) is 4.98 Å². The SMILES string of the molecule is O=C(O)C(O)C1CCCc2cccnc21. The van der Waals surface area contributed by atoms with E-state index in [1.54, 1.807) is 6.20 Å². The van der Waals surface area contributed by atoms with Gasteiger partial charge in [0.1, 0.15) is 0 Å². The van der Waals surface area contributed by atoms with Gasteiger partial charge in [-0.1, -0.05) is 6.07 Å². The summed E-state index contributed by atoms with van der Waals surface area (Å²) in [5.74, 6) is -1.52. The van der Waals surface area contributed by atoms with E-state index in [0.29, 0.717) is 6.42 Å². The third-order valence-corrected chi connectivity index (χ3v) is 2.87. The highest BCUT2D eigenvalue weighted by Gasteiger charge is 2.31. The van der Waals surface area contributed by atoms with Gasteiger partial charge in [-0.25, -0.2) is 4.79 Å². The Kier molecular flexibility index (Phi) is 2.68. The van der Waals surface area contributed by atoms with Crippen LogP contribution < -0.4 is 0 Å². The zero-order valence-electron chi connectivity index (χ0n) is 8.26. The van der Waals surface area contributed by atoms with Crippen molar-refractivity contribution in [2.75, 3.05) is 0 Å². The molecule has 0 amide bonds. The topological polar surface area (TPSA) is 70.4 Å². The van der Waals surface area contributed by atoms with Gasteiger partial charge in [-0.2, -0.15) is 0 Å². The Balaban J connectivity index is 2.33. The molecule has 2 rings (SSSR count). The first-order valence-electron chi connectivity index (χ1n) is 5.05. The lowest BCUT2D eigenvalue weighted by Crippen LogP contribution is -2.30. The van der Waals surface area contributed by atoms with Crippen LogP contribution in [0.1, 0.15) is 30.0 Å². The molecule has 0 aliphatic heterocycles. The molecule has 1 aliphatic carbocycles. The molecule has 1 heterocycles. The zero-order chi connectivity index (χ0) is 10.8. The van der Waals surface area contributed by atoms with Crippen molar-refractivity contribution in [2.45, 2.75) is 31.3 Å². The Labute approximate surface area is 87.6 Å². The Morgan fingerprint density at radius 3 is 3.13 bits per heavy atom. The average molecular weight is 207 g/mol. The summed E-state index contributed by atoms with van der Waals surface area (Å²) in [6.07, 6.45) is 2.84. The molecular formula is C11H13NO3. The maximum Gasteiger partial charge on any atom is 0.333 e. The molecule has 1 aromatic heterocycles. The number of aryl methyl sites for hydroxylation is 1. The van der Waals surface area contributed by atoms with Crippen molar-refractivity contribution in [2.24, 2.45) is 0 Å². The Hall–Kier alpha value is -1.42. The molecule has 0 radical (unpaired) electrons. The molecule has 4 heteroatoms. The molecule has 15 heavy (non-hydrogen) atoms. The number of pyridine rings is 1.